The molecule has 2 unspecified atom stereocenters. The molecule has 3 atom stereocenters. The first-order valence-electron chi connectivity index (χ1n) is 5.11. The highest BCUT2D eigenvalue weighted by Crippen LogP contribution is 2.25. The van der Waals surface area contributed by atoms with Crippen molar-refractivity contribution in [3.63, 3.8) is 0 Å². The summed E-state index contributed by atoms with van der Waals surface area (Å²) in [6.07, 6.45) is 7.97. The van der Waals surface area contributed by atoms with Crippen LogP contribution < -0.4 is 11.1 Å². The Morgan fingerprint density at radius 1 is 1.57 bits per heavy atom. The predicted molar refractivity (Wildman–Crippen MR) is 55.5 cm³/mol. The Morgan fingerprint density at radius 2 is 2.36 bits per heavy atom. The number of nitrogens with one attached hydrogen (secondary N) is 1. The molecule has 76 valence electrons. The van der Waals surface area contributed by atoms with Crippen LogP contribution in [-0.2, 0) is 4.79 Å². The summed E-state index contributed by atoms with van der Waals surface area (Å²) in [7, 11) is 0. The minimum atomic E-state index is -0.339. The molecule has 3 nitrogen and oxygen atoms in total. The fourth-order valence-corrected chi connectivity index (χ4v) is 2.08. The van der Waals surface area contributed by atoms with Gasteiger partial charge in [0.15, 0.2) is 0 Å². The summed E-state index contributed by atoms with van der Waals surface area (Å²) in [5.74, 6) is 0.366. The normalized spacial score (nSPS) is 36.9. The summed E-state index contributed by atoms with van der Waals surface area (Å²) < 4.78 is 0. The lowest BCUT2D eigenvalue weighted by Crippen LogP contribution is -2.45. The van der Waals surface area contributed by atoms with E-state index in [0.717, 1.165) is 12.8 Å². The van der Waals surface area contributed by atoms with Gasteiger partial charge < -0.3 is 11.1 Å². The lowest BCUT2D eigenvalue weighted by atomic mass is 9.88. The van der Waals surface area contributed by atoms with Crippen molar-refractivity contribution in [2.45, 2.75) is 31.8 Å². The predicted octanol–water partition coefficient (Wildman–Crippen LogP) is 0.725. The molecule has 1 saturated heterocycles. The van der Waals surface area contributed by atoms with Crippen LogP contribution in [-0.4, -0.2) is 18.0 Å². The summed E-state index contributed by atoms with van der Waals surface area (Å²) >= 11 is 0. The van der Waals surface area contributed by atoms with Gasteiger partial charge in [-0.05, 0) is 24.3 Å². The zero-order chi connectivity index (χ0) is 10.1. The van der Waals surface area contributed by atoms with E-state index in [4.69, 9.17) is 5.73 Å². The lowest BCUT2D eigenvalue weighted by molar-refractivity contribution is -0.122. The maximum absolute atomic E-state index is 11.5. The van der Waals surface area contributed by atoms with Gasteiger partial charge >= 0.3 is 0 Å². The summed E-state index contributed by atoms with van der Waals surface area (Å²) in [5, 5.41) is 3.00. The highest BCUT2D eigenvalue weighted by molar-refractivity contribution is 5.82. The molecule has 14 heavy (non-hydrogen) atoms. The van der Waals surface area contributed by atoms with E-state index in [1.165, 1.54) is 5.57 Å². The minimum absolute atomic E-state index is 0.0134. The van der Waals surface area contributed by atoms with Gasteiger partial charge in [-0.15, -0.1) is 0 Å². The number of carbonyl (C=O) groups excluding carboxylic acids is 1. The van der Waals surface area contributed by atoms with Crippen LogP contribution in [0.15, 0.2) is 23.8 Å². The van der Waals surface area contributed by atoms with E-state index in [1.807, 2.05) is 0 Å². The number of allylic oxidation sites excluding steroid dienone is 2. The van der Waals surface area contributed by atoms with Crippen molar-refractivity contribution in [2.75, 3.05) is 0 Å². The van der Waals surface area contributed by atoms with E-state index in [0.29, 0.717) is 5.92 Å². The Kier molecular flexibility index (Phi) is 2.42. The molecule has 1 heterocycles. The maximum atomic E-state index is 11.5. The molecule has 0 aromatic carbocycles. The average molecular weight is 192 g/mol. The van der Waals surface area contributed by atoms with Crippen molar-refractivity contribution in [3.8, 4) is 0 Å². The molecule has 1 aliphatic carbocycles. The number of fused-ring (bicyclic) bond motifs is 1. The topological polar surface area (TPSA) is 55.1 Å². The Hall–Kier alpha value is -1.09. The van der Waals surface area contributed by atoms with Crippen molar-refractivity contribution in [3.05, 3.63) is 23.8 Å². The second-order valence-electron chi connectivity index (χ2n) is 4.12. The molecule has 0 saturated carbocycles. The van der Waals surface area contributed by atoms with E-state index in [2.05, 4.69) is 30.5 Å². The van der Waals surface area contributed by atoms with Crippen molar-refractivity contribution in [1.82, 2.24) is 5.32 Å². The van der Waals surface area contributed by atoms with Crippen LogP contribution in [0.2, 0.25) is 0 Å². The van der Waals surface area contributed by atoms with Crippen LogP contribution in [0, 0.1) is 5.92 Å². The molecule has 0 radical (unpaired) electrons. The molecular weight excluding hydrogens is 176 g/mol. The fraction of sp³-hybridized carbons (Fsp3) is 0.545. The van der Waals surface area contributed by atoms with Crippen LogP contribution in [0.3, 0.4) is 0 Å². The molecule has 1 aliphatic heterocycles. The number of rotatable bonds is 0. The molecule has 0 bridgehead atoms. The largest absolute Gasteiger partial charge is 0.348 e. The fourth-order valence-electron chi connectivity index (χ4n) is 2.08. The van der Waals surface area contributed by atoms with Gasteiger partial charge in [0.2, 0.25) is 5.91 Å². The van der Waals surface area contributed by atoms with Crippen molar-refractivity contribution in [1.29, 1.82) is 0 Å². The highest BCUT2D eigenvalue weighted by atomic mass is 16.2. The number of hydrogen-bond acceptors (Lipinski definition) is 2. The summed E-state index contributed by atoms with van der Waals surface area (Å²) in [5.41, 5.74) is 7.03. The van der Waals surface area contributed by atoms with Crippen LogP contribution >= 0.6 is 0 Å². The number of amides is 1. The summed E-state index contributed by atoms with van der Waals surface area (Å²) in [6.45, 7) is 2.12. The molecule has 3 N–H and O–H groups in total. The molecule has 1 fully saturated rings. The van der Waals surface area contributed by atoms with Gasteiger partial charge in [-0.2, -0.15) is 0 Å². The van der Waals surface area contributed by atoms with Crippen molar-refractivity contribution >= 4 is 5.91 Å². The lowest BCUT2D eigenvalue weighted by Gasteiger charge is -2.26. The van der Waals surface area contributed by atoms with Gasteiger partial charge in [0, 0.05) is 0 Å². The quantitative estimate of drug-likeness (QED) is 0.594. The van der Waals surface area contributed by atoms with Gasteiger partial charge in [-0.3, -0.25) is 4.79 Å². The molecule has 2 aliphatic rings. The Bertz CT molecular complexity index is 306. The monoisotopic (exact) mass is 192 g/mol. The molecule has 2 rings (SSSR count). The molecule has 0 aromatic rings. The maximum Gasteiger partial charge on any atom is 0.237 e. The van der Waals surface area contributed by atoms with Crippen LogP contribution in [0.5, 0.6) is 0 Å². The first-order chi connectivity index (χ1) is 6.68. The van der Waals surface area contributed by atoms with Crippen LogP contribution in [0.1, 0.15) is 19.8 Å². The Balaban J connectivity index is 2.22. The summed E-state index contributed by atoms with van der Waals surface area (Å²) in [6, 6.07) is -0.172. The third kappa shape index (κ3) is 1.60. The van der Waals surface area contributed by atoms with Gasteiger partial charge in [0.05, 0.1) is 12.1 Å². The third-order valence-electron chi connectivity index (χ3n) is 3.03. The number of carbonyl (C=O) groups is 1. The molecular formula is C11H16N2O. The standard InChI is InChI=1S/C11H16N2O/c1-7-3-2-4-8-5-6-9(12)11(14)13-10(7)8/h2-4,7,9-10H,5-6,12H2,1H3,(H,13,14)/t7?,9-,10?/m0/s1. The van der Waals surface area contributed by atoms with E-state index in [-0.39, 0.29) is 18.0 Å². The third-order valence-corrected chi connectivity index (χ3v) is 3.03. The van der Waals surface area contributed by atoms with Gasteiger partial charge in [-0.25, -0.2) is 0 Å². The molecule has 0 spiro atoms. The van der Waals surface area contributed by atoms with Crippen LogP contribution in [0.25, 0.3) is 0 Å². The molecule has 0 aromatic heterocycles. The smallest absolute Gasteiger partial charge is 0.237 e. The second kappa shape index (κ2) is 3.58. The van der Waals surface area contributed by atoms with E-state index < -0.39 is 0 Å². The second-order valence-corrected chi connectivity index (χ2v) is 4.12. The van der Waals surface area contributed by atoms with Crippen molar-refractivity contribution in [2.24, 2.45) is 11.7 Å². The van der Waals surface area contributed by atoms with E-state index in [1.54, 1.807) is 0 Å². The minimum Gasteiger partial charge on any atom is -0.348 e. The number of hydrogen-bond donors (Lipinski definition) is 2. The Labute approximate surface area is 84.0 Å². The first-order valence-corrected chi connectivity index (χ1v) is 5.11. The van der Waals surface area contributed by atoms with E-state index >= 15 is 0 Å². The molecule has 1 amide bonds. The summed E-state index contributed by atoms with van der Waals surface area (Å²) in [4.78, 5) is 11.5. The Morgan fingerprint density at radius 3 is 3.14 bits per heavy atom. The van der Waals surface area contributed by atoms with Crippen molar-refractivity contribution < 1.29 is 4.79 Å². The van der Waals surface area contributed by atoms with Gasteiger partial charge in [0.1, 0.15) is 0 Å². The van der Waals surface area contributed by atoms with Crippen LogP contribution in [0.4, 0.5) is 0 Å². The van der Waals surface area contributed by atoms with Gasteiger partial charge in [-0.1, -0.05) is 25.2 Å². The zero-order valence-electron chi connectivity index (χ0n) is 8.36. The highest BCUT2D eigenvalue weighted by Gasteiger charge is 2.29. The zero-order valence-corrected chi connectivity index (χ0v) is 8.36. The molecule has 3 heteroatoms. The SMILES string of the molecule is CC1C=CC=C2CC[C@H](N)C(=O)NC21. The first kappa shape index (κ1) is 9.46. The van der Waals surface area contributed by atoms with E-state index in [9.17, 15) is 4.79 Å². The van der Waals surface area contributed by atoms with Gasteiger partial charge in [0.25, 0.3) is 0 Å². The number of nitrogens with two attached hydrogens (primary N) is 1. The average Bonchev–Trinajstić information content (AvgIpc) is 2.30.